The van der Waals surface area contributed by atoms with Gasteiger partial charge in [-0.3, -0.25) is 0 Å². The number of hydrogen-bond acceptors (Lipinski definition) is 11. The highest BCUT2D eigenvalue weighted by Crippen LogP contribution is 2.36. The van der Waals surface area contributed by atoms with Gasteiger partial charge in [0.2, 0.25) is 11.8 Å². The number of aromatic nitrogens is 6. The number of ether oxygens (including phenoxy) is 2. The summed E-state index contributed by atoms with van der Waals surface area (Å²) in [5.41, 5.74) is 3.99. The zero-order valence-corrected chi connectivity index (χ0v) is 24.5. The Bertz CT molecular complexity index is 1750. The van der Waals surface area contributed by atoms with Crippen LogP contribution >= 0.6 is 0 Å². The summed E-state index contributed by atoms with van der Waals surface area (Å²) in [5, 5.41) is 16.3. The van der Waals surface area contributed by atoms with Crippen LogP contribution in [-0.4, -0.2) is 65.8 Å². The topological polar surface area (TPSA) is 152 Å². The van der Waals surface area contributed by atoms with Crippen molar-refractivity contribution in [1.82, 2.24) is 30.3 Å². The van der Waals surface area contributed by atoms with Crippen molar-refractivity contribution in [2.24, 2.45) is 0 Å². The molecule has 0 saturated heterocycles. The molecule has 0 aliphatic heterocycles. The molecule has 0 aliphatic rings. The average Bonchev–Trinajstić information content (AvgIpc) is 3.75. The minimum Gasteiger partial charge on any atom is -0.445 e. The van der Waals surface area contributed by atoms with Crippen LogP contribution in [0.25, 0.3) is 22.6 Å². The monoisotopic (exact) mass is 593 g/mol. The summed E-state index contributed by atoms with van der Waals surface area (Å²) in [5.74, 6) is 1.10. The van der Waals surface area contributed by atoms with Gasteiger partial charge in [-0.15, -0.1) is 10.2 Å². The molecule has 0 saturated carbocycles. The smallest absolute Gasteiger partial charge is 0.269 e. The number of tetrazole rings is 1. The molecule has 2 aromatic carbocycles. The Balaban J connectivity index is 1.59. The molecule has 42 heavy (non-hydrogen) atoms. The molecule has 0 unspecified atom stereocenters. The highest BCUT2D eigenvalue weighted by atomic mass is 32.2. The molecular formula is C28H31N7O6S. The third-order valence-electron chi connectivity index (χ3n) is 6.66. The van der Waals surface area contributed by atoms with Crippen LogP contribution in [0.2, 0.25) is 0 Å². The number of oxazole rings is 1. The Labute approximate surface area is 243 Å². The van der Waals surface area contributed by atoms with Crippen molar-refractivity contribution in [1.29, 1.82) is 0 Å². The molecule has 220 valence electrons. The first-order chi connectivity index (χ1) is 20.3. The van der Waals surface area contributed by atoms with Crippen molar-refractivity contribution < 1.29 is 26.8 Å². The molecule has 0 amide bonds. The van der Waals surface area contributed by atoms with Crippen LogP contribution in [0.4, 0.5) is 5.88 Å². The van der Waals surface area contributed by atoms with Gasteiger partial charge < -0.3 is 18.4 Å². The maximum Gasteiger partial charge on any atom is 0.269 e. The second-order valence-corrected chi connectivity index (χ2v) is 11.3. The van der Waals surface area contributed by atoms with E-state index in [9.17, 15) is 8.42 Å². The van der Waals surface area contributed by atoms with Gasteiger partial charge in [-0.25, -0.2) is 17.7 Å². The summed E-state index contributed by atoms with van der Waals surface area (Å²) in [6.07, 6.45) is 3.56. The van der Waals surface area contributed by atoms with E-state index in [0.29, 0.717) is 53.7 Å². The first-order valence-electron chi connectivity index (χ1n) is 13.2. The van der Waals surface area contributed by atoms with Crippen LogP contribution in [-0.2, 0) is 32.5 Å². The molecule has 5 aromatic rings. The van der Waals surface area contributed by atoms with E-state index < -0.39 is 10.0 Å². The lowest BCUT2D eigenvalue weighted by Crippen LogP contribution is -2.34. The molecule has 0 aliphatic carbocycles. The van der Waals surface area contributed by atoms with Gasteiger partial charge in [0.25, 0.3) is 10.0 Å². The van der Waals surface area contributed by atoms with Crippen molar-refractivity contribution in [2.45, 2.75) is 38.6 Å². The van der Waals surface area contributed by atoms with Gasteiger partial charge in [-0.2, -0.15) is 4.80 Å². The standard InChI is InChI=1S/C28H31N7O6S/c1-19-20(2)32-41-28(19)34(18-39-16-15-38-4)42(36,37)26-8-6-5-7-25(26)24-10-9-23(27-29-12-14-40-27)17-22(24)11-13-35-31-21(3)30-33-35/h5-10,12,14,17H,11,13,15-16,18H2,1-4H3. The molecule has 0 N–H and O–H groups in total. The minimum atomic E-state index is -4.20. The first kappa shape index (κ1) is 29.1. The van der Waals surface area contributed by atoms with E-state index >= 15 is 0 Å². The predicted octanol–water partition coefficient (Wildman–Crippen LogP) is 3.97. The fraction of sp³-hybridized carbons (Fsp3) is 0.321. The van der Waals surface area contributed by atoms with Crippen molar-refractivity contribution in [3.63, 3.8) is 0 Å². The molecular weight excluding hydrogens is 562 g/mol. The predicted molar refractivity (Wildman–Crippen MR) is 152 cm³/mol. The zero-order chi connectivity index (χ0) is 29.7. The van der Waals surface area contributed by atoms with E-state index in [1.807, 2.05) is 18.2 Å². The first-order valence-corrected chi connectivity index (χ1v) is 14.6. The van der Waals surface area contributed by atoms with Crippen molar-refractivity contribution in [3.05, 3.63) is 77.6 Å². The maximum absolute atomic E-state index is 14.4. The van der Waals surface area contributed by atoms with Crippen LogP contribution < -0.4 is 4.31 Å². The number of anilines is 1. The Kier molecular flexibility index (Phi) is 8.75. The van der Waals surface area contributed by atoms with E-state index in [0.717, 1.165) is 15.4 Å². The van der Waals surface area contributed by atoms with Crippen LogP contribution in [0, 0.1) is 20.8 Å². The summed E-state index contributed by atoms with van der Waals surface area (Å²) < 4.78 is 51.6. The fourth-order valence-electron chi connectivity index (χ4n) is 4.40. The second kappa shape index (κ2) is 12.6. The van der Waals surface area contributed by atoms with Gasteiger partial charge in [0.15, 0.2) is 5.82 Å². The molecule has 0 fully saturated rings. The van der Waals surface area contributed by atoms with E-state index in [4.69, 9.17) is 18.4 Å². The van der Waals surface area contributed by atoms with E-state index in [-0.39, 0.29) is 24.1 Å². The van der Waals surface area contributed by atoms with Gasteiger partial charge in [-0.05, 0) is 61.7 Å². The lowest BCUT2D eigenvalue weighted by Gasteiger charge is -2.24. The van der Waals surface area contributed by atoms with E-state index in [1.54, 1.807) is 58.3 Å². The Hall–Kier alpha value is -4.40. The van der Waals surface area contributed by atoms with Gasteiger partial charge >= 0.3 is 0 Å². The SMILES string of the molecule is COCCOCN(c1onc(C)c1C)S(=O)(=O)c1ccccc1-c1ccc(-c2ncco2)cc1CCn1nnc(C)n1. The summed E-state index contributed by atoms with van der Waals surface area (Å²) in [6.45, 7) is 5.90. The molecule has 3 aromatic heterocycles. The lowest BCUT2D eigenvalue weighted by molar-refractivity contribution is 0.0744. The van der Waals surface area contributed by atoms with Crippen molar-refractivity contribution in [3.8, 4) is 22.6 Å². The third kappa shape index (κ3) is 6.10. The lowest BCUT2D eigenvalue weighted by atomic mass is 9.95. The third-order valence-corrected chi connectivity index (χ3v) is 8.43. The highest BCUT2D eigenvalue weighted by Gasteiger charge is 2.32. The quantitative estimate of drug-likeness (QED) is 0.144. The summed E-state index contributed by atoms with van der Waals surface area (Å²) >= 11 is 0. The van der Waals surface area contributed by atoms with Gasteiger partial charge in [0, 0.05) is 23.8 Å². The van der Waals surface area contributed by atoms with E-state index in [1.165, 1.54) is 11.1 Å². The Morgan fingerprint density at radius 3 is 2.57 bits per heavy atom. The second-order valence-electron chi connectivity index (χ2n) is 9.47. The number of benzene rings is 2. The van der Waals surface area contributed by atoms with Gasteiger partial charge in [0.1, 0.15) is 13.0 Å². The number of sulfonamides is 1. The zero-order valence-electron chi connectivity index (χ0n) is 23.7. The Morgan fingerprint density at radius 2 is 1.88 bits per heavy atom. The van der Waals surface area contributed by atoms with E-state index in [2.05, 4.69) is 25.6 Å². The Morgan fingerprint density at radius 1 is 1.05 bits per heavy atom. The normalized spacial score (nSPS) is 11.7. The number of hydrogen-bond donors (Lipinski definition) is 0. The van der Waals surface area contributed by atoms with Crippen LogP contribution in [0.15, 0.2) is 68.8 Å². The van der Waals surface area contributed by atoms with Crippen molar-refractivity contribution >= 4 is 15.9 Å². The molecule has 0 bridgehead atoms. The number of methoxy groups -OCH3 is 1. The summed E-state index contributed by atoms with van der Waals surface area (Å²) in [4.78, 5) is 5.85. The summed E-state index contributed by atoms with van der Waals surface area (Å²) in [7, 11) is -2.66. The maximum atomic E-state index is 14.4. The number of nitrogens with zero attached hydrogens (tertiary/aromatic N) is 7. The van der Waals surface area contributed by atoms with Crippen LogP contribution in [0.1, 0.15) is 22.6 Å². The fourth-order valence-corrected chi connectivity index (χ4v) is 5.94. The van der Waals surface area contributed by atoms with Crippen LogP contribution in [0.5, 0.6) is 0 Å². The molecule has 13 nitrogen and oxygen atoms in total. The largest absolute Gasteiger partial charge is 0.445 e. The number of aryl methyl sites for hydroxylation is 4. The minimum absolute atomic E-state index is 0.0774. The molecule has 0 radical (unpaired) electrons. The molecule has 14 heteroatoms. The molecule has 5 rings (SSSR count). The van der Waals surface area contributed by atoms with Gasteiger partial charge in [0.05, 0.1) is 36.5 Å². The highest BCUT2D eigenvalue weighted by molar-refractivity contribution is 7.93. The molecule has 0 spiro atoms. The summed E-state index contributed by atoms with van der Waals surface area (Å²) in [6, 6.07) is 12.5. The van der Waals surface area contributed by atoms with Crippen LogP contribution in [0.3, 0.4) is 0 Å². The molecule has 0 atom stereocenters. The number of rotatable bonds is 13. The molecule has 3 heterocycles. The van der Waals surface area contributed by atoms with Crippen molar-refractivity contribution in [2.75, 3.05) is 31.4 Å². The average molecular weight is 594 g/mol. The van der Waals surface area contributed by atoms with Gasteiger partial charge in [-0.1, -0.05) is 29.4 Å².